The highest BCUT2D eigenvalue weighted by molar-refractivity contribution is 7.00. The molecule has 1 aromatic carbocycles. The van der Waals surface area contributed by atoms with E-state index in [0.717, 1.165) is 11.7 Å². The van der Waals surface area contributed by atoms with Crippen molar-refractivity contribution in [3.63, 3.8) is 0 Å². The third kappa shape index (κ3) is 2.53. The van der Waals surface area contributed by atoms with Crippen molar-refractivity contribution in [3.05, 3.63) is 16.1 Å². The molecule has 0 fully saturated rings. The number of halogens is 2. The summed E-state index contributed by atoms with van der Waals surface area (Å²) in [5.74, 6) is -1.92. The molecule has 2 aromatic rings. The predicted octanol–water partition coefficient (Wildman–Crippen LogP) is 2.41. The summed E-state index contributed by atoms with van der Waals surface area (Å²) in [4.78, 5) is 21.8. The highest BCUT2D eigenvalue weighted by atomic mass is 35.5. The number of carboxylic acids is 1. The van der Waals surface area contributed by atoms with E-state index in [0.29, 0.717) is 16.1 Å². The van der Waals surface area contributed by atoms with Gasteiger partial charge in [0.1, 0.15) is 17.5 Å². The lowest BCUT2D eigenvalue weighted by molar-refractivity contribution is -0.139. The molecule has 0 unspecified atom stereocenters. The summed E-state index contributed by atoms with van der Waals surface area (Å²) in [5.41, 5.74) is 0.976. The number of hydrogen-bond donors (Lipinski definition) is 2. The van der Waals surface area contributed by atoms with Crippen LogP contribution in [0.15, 0.2) is 6.07 Å². The molecule has 1 heterocycles. The third-order valence-corrected chi connectivity index (χ3v) is 3.13. The van der Waals surface area contributed by atoms with Crippen molar-refractivity contribution in [2.75, 3.05) is 5.32 Å². The number of anilines is 1. The van der Waals surface area contributed by atoms with Crippen LogP contribution in [0.25, 0.3) is 11.0 Å². The van der Waals surface area contributed by atoms with E-state index < -0.39 is 18.3 Å². The molecule has 94 valence electrons. The minimum atomic E-state index is -1.23. The maximum Gasteiger partial charge on any atom is 0.312 e. The van der Waals surface area contributed by atoms with Crippen molar-refractivity contribution in [1.29, 1.82) is 0 Å². The number of fused-ring (bicyclic) bond motifs is 1. The molecule has 9 heteroatoms. The fourth-order valence-electron chi connectivity index (χ4n) is 1.31. The van der Waals surface area contributed by atoms with Crippen molar-refractivity contribution < 1.29 is 14.7 Å². The van der Waals surface area contributed by atoms with Gasteiger partial charge < -0.3 is 10.4 Å². The minimum absolute atomic E-state index is 0.180. The van der Waals surface area contributed by atoms with Gasteiger partial charge in [-0.1, -0.05) is 23.2 Å². The van der Waals surface area contributed by atoms with Crippen LogP contribution in [0.3, 0.4) is 0 Å². The van der Waals surface area contributed by atoms with E-state index in [2.05, 4.69) is 14.1 Å². The fraction of sp³-hybridized carbons (Fsp3) is 0.111. The second-order valence-corrected chi connectivity index (χ2v) is 4.64. The number of benzene rings is 1. The van der Waals surface area contributed by atoms with Crippen LogP contribution in [0.5, 0.6) is 0 Å². The first-order valence-electron chi connectivity index (χ1n) is 4.61. The molecule has 0 aliphatic heterocycles. The quantitative estimate of drug-likeness (QED) is 0.850. The van der Waals surface area contributed by atoms with Crippen LogP contribution < -0.4 is 5.32 Å². The smallest absolute Gasteiger partial charge is 0.312 e. The Morgan fingerprint density at radius 2 is 1.94 bits per heavy atom. The third-order valence-electron chi connectivity index (χ3n) is 2.02. The summed E-state index contributed by atoms with van der Waals surface area (Å²) in [6, 6.07) is 1.42. The first kappa shape index (κ1) is 13.0. The van der Waals surface area contributed by atoms with Crippen LogP contribution in [0, 0.1) is 0 Å². The Kier molecular flexibility index (Phi) is 3.65. The first-order chi connectivity index (χ1) is 8.49. The number of aliphatic carboxylic acids is 1. The van der Waals surface area contributed by atoms with Gasteiger partial charge in [0.15, 0.2) is 0 Å². The maximum absolute atomic E-state index is 11.4. The van der Waals surface area contributed by atoms with E-state index in [-0.39, 0.29) is 10.7 Å². The van der Waals surface area contributed by atoms with E-state index >= 15 is 0 Å². The number of amides is 1. The minimum Gasteiger partial charge on any atom is -0.481 e. The summed E-state index contributed by atoms with van der Waals surface area (Å²) < 4.78 is 7.93. The number of carboxylic acid groups (broad SMARTS) is 1. The monoisotopic (exact) mass is 305 g/mol. The summed E-state index contributed by atoms with van der Waals surface area (Å²) in [6.07, 6.45) is -0.655. The van der Waals surface area contributed by atoms with Gasteiger partial charge in [-0.25, -0.2) is 0 Å². The molecule has 0 saturated heterocycles. The zero-order valence-electron chi connectivity index (χ0n) is 8.61. The van der Waals surface area contributed by atoms with Crippen molar-refractivity contribution >= 4 is 63.5 Å². The van der Waals surface area contributed by atoms with Gasteiger partial charge >= 0.3 is 5.97 Å². The van der Waals surface area contributed by atoms with E-state index in [4.69, 9.17) is 28.3 Å². The van der Waals surface area contributed by atoms with E-state index in [9.17, 15) is 9.59 Å². The Balaban J connectivity index is 2.41. The predicted molar refractivity (Wildman–Crippen MR) is 68.3 cm³/mol. The Hall–Kier alpha value is -1.44. The van der Waals surface area contributed by atoms with Gasteiger partial charge in [0, 0.05) is 0 Å². The van der Waals surface area contributed by atoms with Crippen molar-refractivity contribution in [2.45, 2.75) is 6.42 Å². The highest BCUT2D eigenvalue weighted by Gasteiger charge is 2.17. The van der Waals surface area contributed by atoms with Crippen LogP contribution in [0.2, 0.25) is 10.0 Å². The molecule has 0 spiro atoms. The SMILES string of the molecule is O=C(O)CC(=O)Nc1c(Cl)cc(Cl)c2nsnc12. The number of aromatic nitrogens is 2. The van der Waals surface area contributed by atoms with Crippen LogP contribution in [-0.2, 0) is 9.59 Å². The van der Waals surface area contributed by atoms with Crippen LogP contribution >= 0.6 is 34.9 Å². The molecule has 18 heavy (non-hydrogen) atoms. The van der Waals surface area contributed by atoms with E-state index in [1.54, 1.807) is 0 Å². The molecule has 0 aliphatic carbocycles. The lowest BCUT2D eigenvalue weighted by Crippen LogP contribution is -2.16. The normalized spacial score (nSPS) is 10.6. The lowest BCUT2D eigenvalue weighted by Gasteiger charge is -2.07. The Morgan fingerprint density at radius 3 is 2.61 bits per heavy atom. The number of rotatable bonds is 3. The summed E-state index contributed by atoms with van der Waals surface area (Å²) in [5, 5.41) is 11.4. The van der Waals surface area contributed by atoms with Gasteiger partial charge in [0.25, 0.3) is 0 Å². The second kappa shape index (κ2) is 5.05. The van der Waals surface area contributed by atoms with Gasteiger partial charge in [-0.3, -0.25) is 9.59 Å². The average molecular weight is 306 g/mol. The topological polar surface area (TPSA) is 92.2 Å². The molecule has 6 nitrogen and oxygen atoms in total. The van der Waals surface area contributed by atoms with Gasteiger partial charge in [-0.15, -0.1) is 0 Å². The Morgan fingerprint density at radius 1 is 1.28 bits per heavy atom. The van der Waals surface area contributed by atoms with Crippen molar-refractivity contribution in [3.8, 4) is 0 Å². The summed E-state index contributed by atoms with van der Waals surface area (Å²) in [6.45, 7) is 0. The zero-order chi connectivity index (χ0) is 13.3. The molecule has 0 radical (unpaired) electrons. The van der Waals surface area contributed by atoms with Gasteiger partial charge in [0.05, 0.1) is 27.5 Å². The lowest BCUT2D eigenvalue weighted by atomic mass is 10.2. The van der Waals surface area contributed by atoms with Crippen LogP contribution in [-0.4, -0.2) is 25.7 Å². The number of hydrogen-bond acceptors (Lipinski definition) is 5. The number of nitrogens with one attached hydrogen (secondary N) is 1. The second-order valence-electron chi connectivity index (χ2n) is 3.30. The molecule has 1 amide bonds. The van der Waals surface area contributed by atoms with Gasteiger partial charge in [0.2, 0.25) is 5.91 Å². The maximum atomic E-state index is 11.4. The van der Waals surface area contributed by atoms with E-state index in [1.165, 1.54) is 6.07 Å². The number of carbonyl (C=O) groups excluding carboxylic acids is 1. The molecule has 1 aromatic heterocycles. The van der Waals surface area contributed by atoms with E-state index in [1.807, 2.05) is 0 Å². The number of nitrogens with zero attached hydrogens (tertiary/aromatic N) is 2. The van der Waals surface area contributed by atoms with Crippen molar-refractivity contribution in [2.24, 2.45) is 0 Å². The molecular weight excluding hydrogens is 301 g/mol. The Labute approximate surface area is 115 Å². The zero-order valence-corrected chi connectivity index (χ0v) is 10.9. The fourth-order valence-corrected chi connectivity index (χ4v) is 2.47. The highest BCUT2D eigenvalue weighted by Crippen LogP contribution is 2.35. The van der Waals surface area contributed by atoms with Crippen LogP contribution in [0.1, 0.15) is 6.42 Å². The van der Waals surface area contributed by atoms with Crippen molar-refractivity contribution in [1.82, 2.24) is 8.75 Å². The Bertz CT molecular complexity index is 643. The molecule has 2 rings (SSSR count). The first-order valence-corrected chi connectivity index (χ1v) is 6.09. The molecule has 0 bridgehead atoms. The largest absolute Gasteiger partial charge is 0.481 e. The summed E-state index contributed by atoms with van der Waals surface area (Å²) >= 11 is 12.8. The van der Waals surface area contributed by atoms with Crippen LogP contribution in [0.4, 0.5) is 5.69 Å². The molecule has 2 N–H and O–H groups in total. The summed E-state index contributed by atoms with van der Waals surface area (Å²) in [7, 11) is 0. The molecule has 0 atom stereocenters. The van der Waals surface area contributed by atoms with Gasteiger partial charge in [-0.05, 0) is 6.07 Å². The standard InChI is InChI=1S/C9H5Cl2N3O3S/c10-3-1-4(11)8-9(14-18-13-8)7(3)12-5(15)2-6(16)17/h1H,2H2,(H,12,15)(H,16,17). The molecule has 0 aliphatic rings. The van der Waals surface area contributed by atoms with Gasteiger partial charge in [-0.2, -0.15) is 8.75 Å². The molecule has 0 saturated carbocycles. The average Bonchev–Trinajstić information content (AvgIpc) is 2.72. The molecular formula is C9H5Cl2N3O3S. The number of carbonyl (C=O) groups is 2.